The molecule has 0 fully saturated rings. The molecule has 0 saturated carbocycles. The van der Waals surface area contributed by atoms with Crippen LogP contribution in [0.15, 0.2) is 40.5 Å². The predicted molar refractivity (Wildman–Crippen MR) is 75.4 cm³/mol. The van der Waals surface area contributed by atoms with Crippen LogP contribution in [0, 0.1) is 0 Å². The summed E-state index contributed by atoms with van der Waals surface area (Å²) >= 11 is 1.44. The lowest BCUT2D eigenvalue weighted by molar-refractivity contribution is 0.0997. The molecule has 0 atom stereocenters. The second-order valence-electron chi connectivity index (χ2n) is 3.84. The van der Waals surface area contributed by atoms with Crippen LogP contribution in [0.1, 0.15) is 15.9 Å². The molecular weight excluding hydrogens is 294 g/mol. The number of aromatic nitrogens is 2. The number of rotatable bonds is 5. The van der Waals surface area contributed by atoms with Gasteiger partial charge in [0.25, 0.3) is 0 Å². The molecule has 1 heterocycles. The van der Waals surface area contributed by atoms with Crippen LogP contribution in [-0.4, -0.2) is 27.3 Å². The second-order valence-corrected chi connectivity index (χ2v) is 4.69. The minimum atomic E-state index is -0.667. The van der Waals surface area contributed by atoms with Crippen molar-refractivity contribution < 1.29 is 14.7 Å². The van der Waals surface area contributed by atoms with E-state index in [1.807, 2.05) is 12.3 Å². The van der Waals surface area contributed by atoms with Crippen molar-refractivity contribution in [3.63, 3.8) is 0 Å². The monoisotopic (exact) mass is 305 g/mol. The smallest absolute Gasteiger partial charge is 0.249 e. The van der Waals surface area contributed by atoms with Crippen molar-refractivity contribution in [1.82, 2.24) is 9.94 Å². The van der Waals surface area contributed by atoms with Crippen LogP contribution in [0.4, 0.5) is 0 Å². The van der Waals surface area contributed by atoms with E-state index >= 15 is 0 Å². The highest BCUT2D eigenvalue weighted by atomic mass is 32.2. The van der Waals surface area contributed by atoms with E-state index in [1.54, 1.807) is 12.1 Å². The van der Waals surface area contributed by atoms with E-state index in [0.717, 1.165) is 4.90 Å². The van der Waals surface area contributed by atoms with Crippen molar-refractivity contribution >= 4 is 17.7 Å². The summed E-state index contributed by atoms with van der Waals surface area (Å²) in [6, 6.07) is 6.59. The Bertz CT molecular complexity index is 709. The fourth-order valence-corrected chi connectivity index (χ4v) is 2.35. The third-order valence-electron chi connectivity index (χ3n) is 2.63. The third kappa shape index (κ3) is 3.47. The zero-order valence-electron chi connectivity index (χ0n) is 11.0. The molecule has 0 saturated heterocycles. The Kier molecular flexibility index (Phi) is 4.70. The maximum atomic E-state index is 11.8. The van der Waals surface area contributed by atoms with E-state index in [4.69, 9.17) is 15.5 Å². The maximum Gasteiger partial charge on any atom is 0.249 e. The number of thioether (sulfide) groups is 1. The Labute approximate surface area is 123 Å². The highest BCUT2D eigenvalue weighted by molar-refractivity contribution is 7.98. The molecule has 0 spiro atoms. The van der Waals surface area contributed by atoms with E-state index in [0.29, 0.717) is 10.4 Å². The first-order valence-electron chi connectivity index (χ1n) is 5.78. The molecule has 0 bridgehead atoms. The van der Waals surface area contributed by atoms with E-state index in [1.165, 1.54) is 24.0 Å². The highest BCUT2D eigenvalue weighted by Gasteiger charge is 2.14. The van der Waals surface area contributed by atoms with Crippen molar-refractivity contribution in [1.29, 1.82) is 0 Å². The standard InChI is InChI=1S/C12H11N5O3S/c1-21-10-4-2-3-8(12(18)14-16-13)9(10)7-20-11-5-6-17(19)15-11/h2-6,19H,7H2,1H3. The summed E-state index contributed by atoms with van der Waals surface area (Å²) in [7, 11) is 0. The Morgan fingerprint density at radius 1 is 1.57 bits per heavy atom. The Hall–Kier alpha value is -2.64. The van der Waals surface area contributed by atoms with Crippen molar-refractivity contribution in [2.24, 2.45) is 5.11 Å². The average Bonchev–Trinajstić information content (AvgIpc) is 2.90. The Morgan fingerprint density at radius 3 is 3.00 bits per heavy atom. The minimum Gasteiger partial charge on any atom is -0.472 e. The lowest BCUT2D eigenvalue weighted by atomic mass is 10.1. The number of benzene rings is 1. The maximum absolute atomic E-state index is 11.8. The lowest BCUT2D eigenvalue weighted by Crippen LogP contribution is -2.06. The molecule has 0 aliphatic carbocycles. The number of hydrogen-bond acceptors (Lipinski definition) is 5. The van der Waals surface area contributed by atoms with Gasteiger partial charge in [-0.25, -0.2) is 0 Å². The average molecular weight is 305 g/mol. The van der Waals surface area contributed by atoms with Crippen molar-refractivity contribution in [2.75, 3.05) is 6.26 Å². The molecule has 108 valence electrons. The summed E-state index contributed by atoms with van der Waals surface area (Å²) < 4.78 is 5.43. The molecule has 1 aromatic carbocycles. The molecule has 1 aromatic heterocycles. The van der Waals surface area contributed by atoms with Gasteiger partial charge in [-0.15, -0.1) is 16.6 Å². The first-order valence-corrected chi connectivity index (χ1v) is 7.01. The van der Waals surface area contributed by atoms with Gasteiger partial charge in [0.05, 0.1) is 6.20 Å². The van der Waals surface area contributed by atoms with Gasteiger partial charge in [-0.05, 0) is 23.0 Å². The minimum absolute atomic E-state index is 0.0655. The van der Waals surface area contributed by atoms with Crippen molar-refractivity contribution in [3.8, 4) is 5.88 Å². The molecule has 2 aromatic rings. The molecule has 0 aliphatic rings. The van der Waals surface area contributed by atoms with Crippen LogP contribution < -0.4 is 4.74 Å². The molecule has 1 amide bonds. The summed E-state index contributed by atoms with van der Waals surface area (Å²) in [6.45, 7) is 0.0655. The van der Waals surface area contributed by atoms with Crippen LogP contribution in [0.25, 0.3) is 10.4 Å². The quantitative estimate of drug-likeness (QED) is 0.300. The van der Waals surface area contributed by atoms with Gasteiger partial charge in [0.1, 0.15) is 6.61 Å². The number of nitrogens with zero attached hydrogens (tertiary/aromatic N) is 5. The van der Waals surface area contributed by atoms with Gasteiger partial charge in [-0.2, -0.15) is 0 Å². The number of azide groups is 1. The fraction of sp³-hybridized carbons (Fsp3) is 0.167. The first kappa shape index (κ1) is 14.8. The van der Waals surface area contributed by atoms with Crippen LogP contribution in [-0.2, 0) is 6.61 Å². The largest absolute Gasteiger partial charge is 0.472 e. The van der Waals surface area contributed by atoms with Crippen LogP contribution >= 0.6 is 11.8 Å². The normalized spacial score (nSPS) is 9.95. The molecule has 1 N–H and O–H groups in total. The molecule has 2 rings (SSSR count). The Balaban J connectivity index is 2.30. The predicted octanol–water partition coefficient (Wildman–Crippen LogP) is 2.87. The number of ether oxygens (including phenoxy) is 1. The fourth-order valence-electron chi connectivity index (χ4n) is 1.72. The topological polar surface area (TPSA) is 113 Å². The van der Waals surface area contributed by atoms with Crippen LogP contribution in [0.5, 0.6) is 5.88 Å². The zero-order valence-corrected chi connectivity index (χ0v) is 11.8. The third-order valence-corrected chi connectivity index (χ3v) is 3.46. The molecule has 21 heavy (non-hydrogen) atoms. The number of carbonyl (C=O) groups is 1. The second kappa shape index (κ2) is 6.69. The van der Waals surface area contributed by atoms with Crippen molar-refractivity contribution in [3.05, 3.63) is 52.0 Å². The number of amides is 1. The van der Waals surface area contributed by atoms with Gasteiger partial charge in [0.2, 0.25) is 11.8 Å². The van der Waals surface area contributed by atoms with E-state index in [9.17, 15) is 4.79 Å². The molecular formula is C12H11N5O3S. The summed E-state index contributed by atoms with van der Waals surface area (Å²) in [5.41, 5.74) is 9.27. The first-order chi connectivity index (χ1) is 10.2. The molecule has 0 radical (unpaired) electrons. The summed E-state index contributed by atoms with van der Waals surface area (Å²) in [6.07, 6.45) is 3.19. The summed E-state index contributed by atoms with van der Waals surface area (Å²) in [5.74, 6) is -0.449. The van der Waals surface area contributed by atoms with Gasteiger partial charge < -0.3 is 9.94 Å². The van der Waals surface area contributed by atoms with E-state index in [-0.39, 0.29) is 18.1 Å². The van der Waals surface area contributed by atoms with Gasteiger partial charge >= 0.3 is 0 Å². The SMILES string of the molecule is CSc1cccc(C(=O)N=[N+]=[N-])c1COc1ccn(O)n1. The molecule has 0 aliphatic heterocycles. The molecule has 8 nitrogen and oxygen atoms in total. The van der Waals surface area contributed by atoms with Gasteiger partial charge in [0, 0.05) is 27.0 Å². The number of hydrogen-bond donors (Lipinski definition) is 1. The van der Waals surface area contributed by atoms with Crippen LogP contribution in [0.3, 0.4) is 0 Å². The van der Waals surface area contributed by atoms with Crippen LogP contribution in [0.2, 0.25) is 0 Å². The zero-order chi connectivity index (χ0) is 15.2. The van der Waals surface area contributed by atoms with E-state index < -0.39 is 5.91 Å². The van der Waals surface area contributed by atoms with Crippen molar-refractivity contribution in [2.45, 2.75) is 11.5 Å². The summed E-state index contributed by atoms with van der Waals surface area (Å²) in [4.78, 5) is 15.8. The summed E-state index contributed by atoms with van der Waals surface area (Å²) in [5, 5.41) is 15.9. The number of carbonyl (C=O) groups excluding carboxylic acids is 1. The lowest BCUT2D eigenvalue weighted by Gasteiger charge is -2.11. The molecule has 0 unspecified atom stereocenters. The van der Waals surface area contributed by atoms with E-state index in [2.05, 4.69) is 15.1 Å². The van der Waals surface area contributed by atoms with Gasteiger partial charge in [0.15, 0.2) is 0 Å². The highest BCUT2D eigenvalue weighted by Crippen LogP contribution is 2.25. The Morgan fingerprint density at radius 2 is 2.38 bits per heavy atom. The molecule has 9 heteroatoms. The van der Waals surface area contributed by atoms with Gasteiger partial charge in [-0.1, -0.05) is 17.2 Å². The van der Waals surface area contributed by atoms with Gasteiger partial charge in [-0.3, -0.25) is 4.79 Å².